The summed E-state index contributed by atoms with van der Waals surface area (Å²) in [5, 5.41) is 9.83. The largest absolute Gasteiger partial charge is 0.391 e. The number of ether oxygens (including phenoxy) is 1. The van der Waals surface area contributed by atoms with Crippen LogP contribution in [0.2, 0.25) is 0 Å². The third-order valence-corrected chi connectivity index (χ3v) is 4.08. The Balaban J connectivity index is 2.24. The zero-order valence-electron chi connectivity index (χ0n) is 13.8. The fourth-order valence-corrected chi connectivity index (χ4v) is 3.01. The van der Waals surface area contributed by atoms with Crippen LogP contribution in [0.5, 0.6) is 0 Å². The minimum atomic E-state index is -0.749. The topological polar surface area (TPSA) is 29.5 Å². The quantitative estimate of drug-likeness (QED) is 0.684. The van der Waals surface area contributed by atoms with Crippen molar-refractivity contribution in [2.24, 2.45) is 0 Å². The highest BCUT2D eigenvalue weighted by Gasteiger charge is 2.37. The molecule has 0 saturated carbocycles. The molecule has 3 rings (SSSR count). The molecule has 3 aromatic rings. The summed E-state index contributed by atoms with van der Waals surface area (Å²) in [4.78, 5) is 0. The fraction of sp³-hybridized carbons (Fsp3) is 0.182. The maximum Gasteiger partial charge on any atom is 0.143 e. The predicted molar refractivity (Wildman–Crippen MR) is 96.8 cm³/mol. The summed E-state index contributed by atoms with van der Waals surface area (Å²) in [6.45, 7) is 1.99. The van der Waals surface area contributed by atoms with Gasteiger partial charge in [0.05, 0.1) is 12.7 Å². The van der Waals surface area contributed by atoms with Crippen molar-refractivity contribution in [3.63, 3.8) is 0 Å². The molecule has 0 fully saturated rings. The minimum absolute atomic E-state index is 0.249. The van der Waals surface area contributed by atoms with Gasteiger partial charge in [0.25, 0.3) is 0 Å². The van der Waals surface area contributed by atoms with E-state index in [9.17, 15) is 5.11 Å². The van der Waals surface area contributed by atoms with E-state index in [1.807, 2.05) is 54.6 Å². The van der Waals surface area contributed by atoms with Gasteiger partial charge in [-0.1, -0.05) is 91.0 Å². The van der Waals surface area contributed by atoms with Gasteiger partial charge in [0.2, 0.25) is 0 Å². The summed E-state index contributed by atoms with van der Waals surface area (Å²) < 4.78 is 6.40. The van der Waals surface area contributed by atoms with Gasteiger partial charge in [-0.3, -0.25) is 0 Å². The number of aliphatic hydroxyl groups excluding tert-OH is 1. The van der Waals surface area contributed by atoms with Crippen molar-refractivity contribution < 1.29 is 9.84 Å². The molecule has 1 N–H and O–H groups in total. The van der Waals surface area contributed by atoms with Gasteiger partial charge >= 0.3 is 0 Å². The maximum atomic E-state index is 9.83. The molecule has 0 aliphatic heterocycles. The molecule has 0 aliphatic carbocycles. The van der Waals surface area contributed by atoms with E-state index in [4.69, 9.17) is 4.74 Å². The van der Waals surface area contributed by atoms with Gasteiger partial charge < -0.3 is 9.84 Å². The summed E-state index contributed by atoms with van der Waals surface area (Å²) in [6, 6.07) is 30.5. The van der Waals surface area contributed by atoms with Gasteiger partial charge in [0.1, 0.15) is 5.60 Å². The molecule has 2 nitrogen and oxygen atoms in total. The lowest BCUT2D eigenvalue weighted by Crippen LogP contribution is -2.35. The van der Waals surface area contributed by atoms with Crippen LogP contribution in [0.25, 0.3) is 0 Å². The second-order valence-electron chi connectivity index (χ2n) is 5.94. The fourth-order valence-electron chi connectivity index (χ4n) is 3.01. The van der Waals surface area contributed by atoms with Crippen molar-refractivity contribution in [1.82, 2.24) is 0 Å². The molecule has 0 heterocycles. The van der Waals surface area contributed by atoms with Gasteiger partial charge in [-0.05, 0) is 23.6 Å². The lowest BCUT2D eigenvalue weighted by molar-refractivity contribution is -0.0325. The Morgan fingerprint density at radius 3 is 1.33 bits per heavy atom. The van der Waals surface area contributed by atoms with Crippen LogP contribution in [0.1, 0.15) is 23.6 Å². The molecule has 0 bridgehead atoms. The highest BCUT2D eigenvalue weighted by Crippen LogP contribution is 2.40. The van der Waals surface area contributed by atoms with Crippen LogP contribution in [0.3, 0.4) is 0 Å². The number of hydrogen-bond donors (Lipinski definition) is 1. The lowest BCUT2D eigenvalue weighted by Gasteiger charge is -2.36. The molecule has 2 heteroatoms. The highest BCUT2D eigenvalue weighted by atomic mass is 16.5. The SMILES string of the molecule is C[C@H](O)COC(c1ccccc1)(c1ccccc1)c1ccccc1. The Kier molecular flexibility index (Phi) is 5.09. The first-order valence-electron chi connectivity index (χ1n) is 8.22. The first-order chi connectivity index (χ1) is 11.7. The van der Waals surface area contributed by atoms with E-state index in [1.165, 1.54) is 0 Å². The van der Waals surface area contributed by atoms with Crippen molar-refractivity contribution >= 4 is 0 Å². The van der Waals surface area contributed by atoms with E-state index in [-0.39, 0.29) is 6.61 Å². The molecule has 122 valence electrons. The van der Waals surface area contributed by atoms with Crippen molar-refractivity contribution in [3.05, 3.63) is 108 Å². The summed E-state index contributed by atoms with van der Waals surface area (Å²) in [7, 11) is 0. The van der Waals surface area contributed by atoms with Gasteiger partial charge in [-0.2, -0.15) is 0 Å². The van der Waals surface area contributed by atoms with Crippen molar-refractivity contribution in [2.45, 2.75) is 18.6 Å². The average molecular weight is 318 g/mol. The third-order valence-electron chi connectivity index (χ3n) is 4.08. The van der Waals surface area contributed by atoms with Crippen LogP contribution in [-0.2, 0) is 10.3 Å². The molecule has 0 aromatic heterocycles. The standard InChI is InChI=1S/C22H22O2/c1-18(23)17-24-22(19-11-5-2-6-12-19,20-13-7-3-8-14-20)21-15-9-4-10-16-21/h2-16,18,23H,17H2,1H3/t18-/m0/s1. The molecule has 0 aliphatic rings. The van der Waals surface area contributed by atoms with Gasteiger partial charge in [-0.15, -0.1) is 0 Å². The Morgan fingerprint density at radius 1 is 0.708 bits per heavy atom. The predicted octanol–water partition coefficient (Wildman–Crippen LogP) is 4.38. The zero-order chi connectivity index (χ0) is 16.8. The van der Waals surface area contributed by atoms with Crippen molar-refractivity contribution in [3.8, 4) is 0 Å². The van der Waals surface area contributed by atoms with E-state index < -0.39 is 11.7 Å². The third kappa shape index (κ3) is 3.25. The second-order valence-corrected chi connectivity index (χ2v) is 5.94. The molecule has 3 aromatic carbocycles. The van der Waals surface area contributed by atoms with E-state index in [0.29, 0.717) is 0 Å². The molecule has 0 unspecified atom stereocenters. The minimum Gasteiger partial charge on any atom is -0.391 e. The molecule has 24 heavy (non-hydrogen) atoms. The van der Waals surface area contributed by atoms with Gasteiger partial charge in [0.15, 0.2) is 0 Å². The summed E-state index contributed by atoms with van der Waals surface area (Å²) >= 11 is 0. The Bertz CT molecular complexity index is 640. The van der Waals surface area contributed by atoms with Crippen molar-refractivity contribution in [1.29, 1.82) is 0 Å². The molecular weight excluding hydrogens is 296 g/mol. The van der Waals surface area contributed by atoms with Crippen LogP contribution >= 0.6 is 0 Å². The van der Waals surface area contributed by atoms with Crippen molar-refractivity contribution in [2.75, 3.05) is 6.61 Å². The van der Waals surface area contributed by atoms with Crippen LogP contribution in [-0.4, -0.2) is 17.8 Å². The van der Waals surface area contributed by atoms with Gasteiger partial charge in [-0.25, -0.2) is 0 Å². The van der Waals surface area contributed by atoms with E-state index in [1.54, 1.807) is 6.92 Å². The first kappa shape index (κ1) is 16.4. The number of hydrogen-bond acceptors (Lipinski definition) is 2. The average Bonchev–Trinajstić information content (AvgIpc) is 2.65. The molecule has 0 saturated heterocycles. The normalized spacial score (nSPS) is 12.8. The van der Waals surface area contributed by atoms with E-state index in [0.717, 1.165) is 16.7 Å². The summed E-state index contributed by atoms with van der Waals surface area (Å²) in [5.74, 6) is 0. The van der Waals surface area contributed by atoms with Crippen LogP contribution in [0.15, 0.2) is 91.0 Å². The molecule has 0 radical (unpaired) electrons. The Hall–Kier alpha value is -2.42. The second kappa shape index (κ2) is 7.43. The monoisotopic (exact) mass is 318 g/mol. The molecule has 0 amide bonds. The molecule has 0 spiro atoms. The Morgan fingerprint density at radius 2 is 1.04 bits per heavy atom. The van der Waals surface area contributed by atoms with Gasteiger partial charge in [0, 0.05) is 0 Å². The highest BCUT2D eigenvalue weighted by molar-refractivity contribution is 5.47. The lowest BCUT2D eigenvalue weighted by atomic mass is 9.80. The van der Waals surface area contributed by atoms with Crippen LogP contribution in [0.4, 0.5) is 0 Å². The Labute approximate surface area is 143 Å². The molecular formula is C22H22O2. The summed E-state index contributed by atoms with van der Waals surface area (Å²) in [6.07, 6.45) is -0.541. The summed E-state index contributed by atoms with van der Waals surface area (Å²) in [5.41, 5.74) is 2.38. The molecule has 1 atom stereocenters. The number of rotatable bonds is 6. The first-order valence-corrected chi connectivity index (χ1v) is 8.22. The zero-order valence-corrected chi connectivity index (χ0v) is 13.8. The van der Waals surface area contributed by atoms with Crippen LogP contribution < -0.4 is 0 Å². The number of benzene rings is 3. The van der Waals surface area contributed by atoms with E-state index in [2.05, 4.69) is 36.4 Å². The van der Waals surface area contributed by atoms with Crippen LogP contribution in [0, 0.1) is 0 Å². The smallest absolute Gasteiger partial charge is 0.143 e. The van der Waals surface area contributed by atoms with E-state index >= 15 is 0 Å². The number of aliphatic hydroxyl groups is 1. The maximum absolute atomic E-state index is 9.83.